The van der Waals surface area contributed by atoms with Crippen molar-refractivity contribution in [1.29, 1.82) is 0 Å². The van der Waals surface area contributed by atoms with Crippen molar-refractivity contribution in [3.8, 4) is 0 Å². The van der Waals surface area contributed by atoms with Crippen LogP contribution >= 0.6 is 11.5 Å². The third-order valence-electron chi connectivity index (χ3n) is 3.47. The summed E-state index contributed by atoms with van der Waals surface area (Å²) < 4.78 is 4.08. The van der Waals surface area contributed by atoms with Crippen LogP contribution in [0.25, 0.3) is 0 Å². The van der Waals surface area contributed by atoms with Gasteiger partial charge in [0.25, 0.3) is 0 Å². The van der Waals surface area contributed by atoms with E-state index in [4.69, 9.17) is 0 Å². The summed E-state index contributed by atoms with van der Waals surface area (Å²) in [5, 5.41) is 8.84. The Morgan fingerprint density at radius 2 is 1.84 bits per heavy atom. The number of nitrogens with one attached hydrogen (secondary N) is 1. The van der Waals surface area contributed by atoms with E-state index in [0.717, 1.165) is 43.3 Å². The Balaban J connectivity index is 1.80. The first-order valence-corrected chi connectivity index (χ1v) is 8.10. The molecule has 1 saturated heterocycles. The number of hydrogen-bond acceptors (Lipinski definition) is 6. The van der Waals surface area contributed by atoms with E-state index >= 15 is 0 Å². The molecule has 0 atom stereocenters. The molecule has 0 unspecified atom stereocenters. The third kappa shape index (κ3) is 4.40. The highest BCUT2D eigenvalue weighted by Gasteiger charge is 2.18. The van der Waals surface area contributed by atoms with E-state index in [0.29, 0.717) is 0 Å². The van der Waals surface area contributed by atoms with Crippen LogP contribution in [-0.4, -0.2) is 58.7 Å². The quantitative estimate of drug-likeness (QED) is 0.828. The first-order chi connectivity index (χ1) is 9.33. The molecule has 2 heterocycles. The molecule has 108 valence electrons. The van der Waals surface area contributed by atoms with Crippen LogP contribution < -0.4 is 5.32 Å². The Morgan fingerprint density at radius 3 is 2.53 bits per heavy atom. The van der Waals surface area contributed by atoms with Gasteiger partial charge in [0.05, 0.1) is 0 Å². The zero-order valence-corrected chi connectivity index (χ0v) is 12.9. The van der Waals surface area contributed by atoms with Crippen molar-refractivity contribution in [2.75, 3.05) is 44.6 Å². The van der Waals surface area contributed by atoms with Crippen LogP contribution in [0.4, 0.5) is 5.00 Å². The summed E-state index contributed by atoms with van der Waals surface area (Å²) in [7, 11) is 0. The van der Waals surface area contributed by atoms with E-state index in [1.54, 1.807) is 0 Å². The molecule has 1 fully saturated rings. The average Bonchev–Trinajstić information content (AvgIpc) is 2.86. The monoisotopic (exact) mass is 283 g/mol. The molecule has 1 aliphatic rings. The van der Waals surface area contributed by atoms with Gasteiger partial charge in [0.1, 0.15) is 10.7 Å². The molecule has 1 aromatic rings. The Labute approximate surface area is 120 Å². The second kappa shape index (κ2) is 7.77. The minimum atomic E-state index is 0.933. The molecule has 0 spiro atoms. The Hall–Kier alpha value is -0.720. The lowest BCUT2D eigenvalue weighted by Gasteiger charge is -2.34. The Kier molecular flexibility index (Phi) is 6.00. The molecule has 5 nitrogen and oxygen atoms in total. The minimum Gasteiger partial charge on any atom is -0.374 e. The molecule has 1 N–H and O–H groups in total. The molecule has 2 rings (SSSR count). The van der Waals surface area contributed by atoms with Crippen LogP contribution in [-0.2, 0) is 6.54 Å². The summed E-state index contributed by atoms with van der Waals surface area (Å²) in [6.07, 6.45) is 2.38. The van der Waals surface area contributed by atoms with Crippen molar-refractivity contribution in [3.63, 3.8) is 0 Å². The molecule has 0 radical (unpaired) electrons. The fraction of sp³-hybridized carbons (Fsp3) is 0.846. The SMILES string of the molecule is CCCNc1snnc1CN1CCN(CCC)CC1. The molecule has 19 heavy (non-hydrogen) atoms. The summed E-state index contributed by atoms with van der Waals surface area (Å²) in [5.41, 5.74) is 1.11. The largest absolute Gasteiger partial charge is 0.374 e. The standard InChI is InChI=1S/C13H25N5S/c1-3-5-14-13-12(15-16-19-13)11-18-9-7-17(6-4-2)8-10-18/h14H,3-11H2,1-2H3. The van der Waals surface area contributed by atoms with Crippen molar-refractivity contribution in [3.05, 3.63) is 5.69 Å². The van der Waals surface area contributed by atoms with Gasteiger partial charge in [-0.3, -0.25) is 4.90 Å². The highest BCUT2D eigenvalue weighted by Crippen LogP contribution is 2.19. The maximum Gasteiger partial charge on any atom is 0.134 e. The third-order valence-corrected chi connectivity index (χ3v) is 4.20. The summed E-state index contributed by atoms with van der Waals surface area (Å²) in [5.74, 6) is 0. The van der Waals surface area contributed by atoms with Gasteiger partial charge in [-0.25, -0.2) is 0 Å². The summed E-state index contributed by atoms with van der Waals surface area (Å²) in [4.78, 5) is 5.03. The van der Waals surface area contributed by atoms with Gasteiger partial charge >= 0.3 is 0 Å². The Morgan fingerprint density at radius 1 is 1.11 bits per heavy atom. The Bertz CT molecular complexity index is 360. The van der Waals surface area contributed by atoms with Crippen LogP contribution in [0.2, 0.25) is 0 Å². The fourth-order valence-corrected chi connectivity index (χ4v) is 2.98. The molecule has 6 heteroatoms. The molecule has 0 amide bonds. The second-order valence-corrected chi connectivity index (χ2v) is 5.85. The molecule has 0 saturated carbocycles. The number of anilines is 1. The molecule has 1 aromatic heterocycles. The maximum absolute atomic E-state index is 4.27. The lowest BCUT2D eigenvalue weighted by Crippen LogP contribution is -2.46. The molecular formula is C13H25N5S. The highest BCUT2D eigenvalue weighted by molar-refractivity contribution is 7.10. The number of nitrogens with zero attached hydrogens (tertiary/aromatic N) is 4. The van der Waals surface area contributed by atoms with E-state index < -0.39 is 0 Å². The van der Waals surface area contributed by atoms with Crippen molar-refractivity contribution >= 4 is 16.5 Å². The van der Waals surface area contributed by atoms with Crippen LogP contribution in [0.3, 0.4) is 0 Å². The first kappa shape index (κ1) is 14.7. The first-order valence-electron chi connectivity index (χ1n) is 7.33. The van der Waals surface area contributed by atoms with E-state index in [2.05, 4.69) is 38.6 Å². The number of rotatable bonds is 7. The summed E-state index contributed by atoms with van der Waals surface area (Å²) >= 11 is 1.48. The van der Waals surface area contributed by atoms with Crippen molar-refractivity contribution in [2.24, 2.45) is 0 Å². The molecule has 0 aromatic carbocycles. The lowest BCUT2D eigenvalue weighted by molar-refractivity contribution is 0.126. The topological polar surface area (TPSA) is 44.3 Å². The van der Waals surface area contributed by atoms with Gasteiger partial charge in [-0.2, -0.15) is 0 Å². The van der Waals surface area contributed by atoms with Crippen molar-refractivity contribution in [2.45, 2.75) is 33.2 Å². The summed E-state index contributed by atoms with van der Waals surface area (Å²) in [6, 6.07) is 0. The van der Waals surface area contributed by atoms with Gasteiger partial charge in [-0.05, 0) is 19.4 Å². The van der Waals surface area contributed by atoms with Gasteiger partial charge in [-0.1, -0.05) is 18.3 Å². The summed E-state index contributed by atoms with van der Waals surface area (Å²) in [6.45, 7) is 12.2. The van der Waals surface area contributed by atoms with Gasteiger partial charge in [0.2, 0.25) is 0 Å². The number of aromatic nitrogens is 2. The average molecular weight is 283 g/mol. The normalized spacial score (nSPS) is 17.8. The van der Waals surface area contributed by atoms with E-state index in [1.165, 1.54) is 37.6 Å². The van der Waals surface area contributed by atoms with E-state index in [1.807, 2.05) is 0 Å². The van der Waals surface area contributed by atoms with E-state index in [9.17, 15) is 0 Å². The smallest absolute Gasteiger partial charge is 0.134 e. The molecule has 0 bridgehead atoms. The van der Waals surface area contributed by atoms with E-state index in [-0.39, 0.29) is 0 Å². The van der Waals surface area contributed by atoms with Crippen LogP contribution in [0.1, 0.15) is 32.4 Å². The minimum absolute atomic E-state index is 0.933. The fourth-order valence-electron chi connectivity index (χ4n) is 2.38. The number of hydrogen-bond donors (Lipinski definition) is 1. The van der Waals surface area contributed by atoms with Gasteiger partial charge in [0.15, 0.2) is 0 Å². The highest BCUT2D eigenvalue weighted by atomic mass is 32.1. The zero-order chi connectivity index (χ0) is 13.5. The van der Waals surface area contributed by atoms with Crippen LogP contribution in [0, 0.1) is 0 Å². The maximum atomic E-state index is 4.27. The molecular weight excluding hydrogens is 258 g/mol. The van der Waals surface area contributed by atoms with Crippen molar-refractivity contribution < 1.29 is 0 Å². The van der Waals surface area contributed by atoms with Gasteiger partial charge < -0.3 is 10.2 Å². The van der Waals surface area contributed by atoms with Crippen LogP contribution in [0.15, 0.2) is 0 Å². The lowest BCUT2D eigenvalue weighted by atomic mass is 10.2. The molecule has 1 aliphatic heterocycles. The predicted octanol–water partition coefficient (Wildman–Crippen LogP) is 1.89. The van der Waals surface area contributed by atoms with Gasteiger partial charge in [-0.15, -0.1) is 5.10 Å². The van der Waals surface area contributed by atoms with Crippen molar-refractivity contribution in [1.82, 2.24) is 19.4 Å². The van der Waals surface area contributed by atoms with Crippen LogP contribution in [0.5, 0.6) is 0 Å². The zero-order valence-electron chi connectivity index (χ0n) is 12.1. The second-order valence-electron chi connectivity index (χ2n) is 5.09. The number of piperazine rings is 1. The van der Waals surface area contributed by atoms with Gasteiger partial charge in [0, 0.05) is 50.8 Å². The predicted molar refractivity (Wildman–Crippen MR) is 80.7 cm³/mol. The molecule has 0 aliphatic carbocycles.